The third-order valence-corrected chi connectivity index (χ3v) is 4.07. The Morgan fingerprint density at radius 2 is 2.05 bits per heavy atom. The summed E-state index contributed by atoms with van der Waals surface area (Å²) < 4.78 is 0. The zero-order chi connectivity index (χ0) is 15.4. The third-order valence-electron chi connectivity index (χ3n) is 3.83. The maximum Gasteiger partial charge on any atom is 0.274 e. The molecule has 0 saturated carbocycles. The fourth-order valence-corrected chi connectivity index (χ4v) is 3.05. The lowest BCUT2D eigenvalue weighted by Gasteiger charge is -2.36. The molecule has 1 aliphatic heterocycles. The molecule has 6 heteroatoms. The Kier molecular flexibility index (Phi) is 5.56. The lowest BCUT2D eigenvalue weighted by molar-refractivity contribution is -0.386. The van der Waals surface area contributed by atoms with E-state index in [1.807, 2.05) is 0 Å². The number of hydrogen-bond acceptors (Lipinski definition) is 4. The fourth-order valence-electron chi connectivity index (χ4n) is 2.87. The van der Waals surface area contributed by atoms with E-state index in [1.165, 1.54) is 6.07 Å². The van der Waals surface area contributed by atoms with Crippen LogP contribution in [-0.4, -0.2) is 36.0 Å². The van der Waals surface area contributed by atoms with Gasteiger partial charge in [0.25, 0.3) is 5.69 Å². The molecule has 1 N–H and O–H groups in total. The average Bonchev–Trinajstić information content (AvgIpc) is 2.45. The van der Waals surface area contributed by atoms with E-state index in [9.17, 15) is 10.1 Å². The third kappa shape index (κ3) is 4.15. The SMILES string of the molecule is CC(C)C[C@@H](c1cc(Cl)ccc1[N+](=O)[O-])N1CCNCC1. The van der Waals surface area contributed by atoms with Crippen LogP contribution in [0.3, 0.4) is 0 Å². The summed E-state index contributed by atoms with van der Waals surface area (Å²) in [7, 11) is 0. The van der Waals surface area contributed by atoms with Crippen molar-refractivity contribution < 1.29 is 4.92 Å². The van der Waals surface area contributed by atoms with E-state index in [0.717, 1.165) is 38.2 Å². The molecule has 1 fully saturated rings. The van der Waals surface area contributed by atoms with Gasteiger partial charge in [-0.1, -0.05) is 25.4 Å². The quantitative estimate of drug-likeness (QED) is 0.670. The molecule has 0 bridgehead atoms. The Morgan fingerprint density at radius 1 is 1.38 bits per heavy atom. The molecule has 0 aliphatic carbocycles. The van der Waals surface area contributed by atoms with E-state index in [-0.39, 0.29) is 16.7 Å². The van der Waals surface area contributed by atoms with Crippen molar-refractivity contribution >= 4 is 17.3 Å². The molecule has 0 spiro atoms. The first kappa shape index (κ1) is 16.2. The van der Waals surface area contributed by atoms with E-state index < -0.39 is 0 Å². The Hall–Kier alpha value is -1.17. The van der Waals surface area contributed by atoms with Crippen molar-refractivity contribution in [2.24, 2.45) is 5.92 Å². The first-order valence-electron chi connectivity index (χ1n) is 7.37. The predicted octanol–water partition coefficient (Wildman–Crippen LogP) is 3.24. The van der Waals surface area contributed by atoms with Gasteiger partial charge in [-0.05, 0) is 24.5 Å². The second kappa shape index (κ2) is 7.20. The van der Waals surface area contributed by atoms with E-state index in [1.54, 1.807) is 12.1 Å². The topological polar surface area (TPSA) is 58.4 Å². The molecular weight excluding hydrogens is 290 g/mol. The van der Waals surface area contributed by atoms with E-state index in [4.69, 9.17) is 11.6 Å². The van der Waals surface area contributed by atoms with Crippen molar-refractivity contribution in [2.45, 2.75) is 26.3 Å². The second-order valence-electron chi connectivity index (χ2n) is 5.89. The molecule has 116 valence electrons. The van der Waals surface area contributed by atoms with Gasteiger partial charge < -0.3 is 5.32 Å². The van der Waals surface area contributed by atoms with Crippen LogP contribution in [0.2, 0.25) is 5.02 Å². The van der Waals surface area contributed by atoms with Gasteiger partial charge in [-0.15, -0.1) is 0 Å². The van der Waals surface area contributed by atoms with Crippen LogP contribution in [0, 0.1) is 16.0 Å². The summed E-state index contributed by atoms with van der Waals surface area (Å²) in [5, 5.41) is 15.2. The molecule has 0 aromatic heterocycles. The summed E-state index contributed by atoms with van der Waals surface area (Å²) in [5.41, 5.74) is 0.909. The predicted molar refractivity (Wildman–Crippen MR) is 84.7 cm³/mol. The van der Waals surface area contributed by atoms with Gasteiger partial charge in [0.1, 0.15) is 0 Å². The van der Waals surface area contributed by atoms with Crippen molar-refractivity contribution in [1.82, 2.24) is 10.2 Å². The number of rotatable bonds is 5. The molecular formula is C15H22ClN3O2. The lowest BCUT2D eigenvalue weighted by Crippen LogP contribution is -2.45. The van der Waals surface area contributed by atoms with Crippen LogP contribution in [0.25, 0.3) is 0 Å². The van der Waals surface area contributed by atoms with Crippen molar-refractivity contribution in [2.75, 3.05) is 26.2 Å². The van der Waals surface area contributed by atoms with Crippen LogP contribution in [0.4, 0.5) is 5.69 Å². The van der Waals surface area contributed by atoms with Crippen LogP contribution in [0.15, 0.2) is 18.2 Å². The van der Waals surface area contributed by atoms with Gasteiger partial charge in [-0.25, -0.2) is 0 Å². The van der Waals surface area contributed by atoms with Crippen LogP contribution in [0.5, 0.6) is 0 Å². The zero-order valence-corrected chi connectivity index (χ0v) is 13.3. The molecule has 0 radical (unpaired) electrons. The van der Waals surface area contributed by atoms with E-state index in [0.29, 0.717) is 10.9 Å². The highest BCUT2D eigenvalue weighted by molar-refractivity contribution is 6.30. The highest BCUT2D eigenvalue weighted by Crippen LogP contribution is 2.35. The molecule has 1 aliphatic rings. The first-order chi connectivity index (χ1) is 9.99. The van der Waals surface area contributed by atoms with Crippen LogP contribution >= 0.6 is 11.6 Å². The number of halogens is 1. The summed E-state index contributed by atoms with van der Waals surface area (Å²) in [4.78, 5) is 13.4. The summed E-state index contributed by atoms with van der Waals surface area (Å²) in [5.74, 6) is 0.462. The largest absolute Gasteiger partial charge is 0.314 e. The fraction of sp³-hybridized carbons (Fsp3) is 0.600. The minimum Gasteiger partial charge on any atom is -0.314 e. The number of hydrogen-bond donors (Lipinski definition) is 1. The maximum atomic E-state index is 11.3. The second-order valence-corrected chi connectivity index (χ2v) is 6.33. The highest BCUT2D eigenvalue weighted by atomic mass is 35.5. The van der Waals surface area contributed by atoms with Crippen LogP contribution in [-0.2, 0) is 0 Å². The summed E-state index contributed by atoms with van der Waals surface area (Å²) in [6, 6.07) is 4.92. The van der Waals surface area contributed by atoms with Crippen molar-refractivity contribution in [3.05, 3.63) is 38.9 Å². The van der Waals surface area contributed by atoms with Gasteiger partial charge in [0, 0.05) is 48.9 Å². The molecule has 2 rings (SSSR count). The minimum atomic E-state index is -0.304. The van der Waals surface area contributed by atoms with E-state index in [2.05, 4.69) is 24.1 Å². The summed E-state index contributed by atoms with van der Waals surface area (Å²) >= 11 is 6.09. The molecule has 5 nitrogen and oxygen atoms in total. The standard InChI is InChI=1S/C15H22ClN3O2/c1-11(2)9-15(18-7-5-17-6-8-18)13-10-12(16)3-4-14(13)19(20)21/h3-4,10-11,15,17H,5-9H2,1-2H3/t15-/m0/s1. The number of nitrogens with one attached hydrogen (secondary N) is 1. The average molecular weight is 312 g/mol. The van der Waals surface area contributed by atoms with Gasteiger partial charge in [0.15, 0.2) is 0 Å². The number of nitro benzene ring substituents is 1. The number of piperazine rings is 1. The molecule has 1 aromatic carbocycles. The minimum absolute atomic E-state index is 0.0474. The Labute approximate surface area is 130 Å². The summed E-state index contributed by atoms with van der Waals surface area (Å²) in [6.07, 6.45) is 0.890. The molecule has 1 heterocycles. The monoisotopic (exact) mass is 311 g/mol. The Morgan fingerprint density at radius 3 is 2.62 bits per heavy atom. The van der Waals surface area contributed by atoms with Crippen molar-refractivity contribution in [1.29, 1.82) is 0 Å². The number of nitrogens with zero attached hydrogens (tertiary/aromatic N) is 2. The van der Waals surface area contributed by atoms with Crippen molar-refractivity contribution in [3.63, 3.8) is 0 Å². The molecule has 1 aromatic rings. The van der Waals surface area contributed by atoms with Gasteiger partial charge in [0.2, 0.25) is 0 Å². The Balaban J connectivity index is 2.39. The molecule has 21 heavy (non-hydrogen) atoms. The number of nitro groups is 1. The highest BCUT2D eigenvalue weighted by Gasteiger charge is 2.29. The Bertz CT molecular complexity index is 502. The molecule has 1 saturated heterocycles. The van der Waals surface area contributed by atoms with Gasteiger partial charge >= 0.3 is 0 Å². The molecule has 1 atom stereocenters. The van der Waals surface area contributed by atoms with Gasteiger partial charge in [-0.2, -0.15) is 0 Å². The smallest absolute Gasteiger partial charge is 0.274 e. The normalized spacial score (nSPS) is 17.9. The van der Waals surface area contributed by atoms with Crippen LogP contribution < -0.4 is 5.32 Å². The maximum absolute atomic E-state index is 11.3. The number of benzene rings is 1. The van der Waals surface area contributed by atoms with Gasteiger partial charge in [-0.3, -0.25) is 15.0 Å². The molecule has 0 unspecified atom stereocenters. The summed E-state index contributed by atoms with van der Waals surface area (Å²) in [6.45, 7) is 7.94. The van der Waals surface area contributed by atoms with Crippen LogP contribution in [0.1, 0.15) is 31.9 Å². The first-order valence-corrected chi connectivity index (χ1v) is 7.75. The van der Waals surface area contributed by atoms with E-state index >= 15 is 0 Å². The molecule has 0 amide bonds. The van der Waals surface area contributed by atoms with Crippen molar-refractivity contribution in [3.8, 4) is 0 Å². The zero-order valence-electron chi connectivity index (χ0n) is 12.5. The van der Waals surface area contributed by atoms with Gasteiger partial charge in [0.05, 0.1) is 4.92 Å². The lowest BCUT2D eigenvalue weighted by atomic mass is 9.94.